The first-order valence-electron chi connectivity index (χ1n) is 11.5. The highest BCUT2D eigenvalue weighted by atomic mass is 35.5. The molecule has 0 saturated heterocycles. The lowest BCUT2D eigenvalue weighted by molar-refractivity contribution is 0.0527. The fourth-order valence-electron chi connectivity index (χ4n) is 3.86. The number of hydrogen-bond donors (Lipinski definition) is 2. The van der Waals surface area contributed by atoms with Gasteiger partial charge in [0.1, 0.15) is 23.5 Å². The van der Waals surface area contributed by atoms with Crippen molar-refractivity contribution in [1.29, 1.82) is 0 Å². The second-order valence-corrected chi connectivity index (χ2v) is 8.41. The SMILES string of the molecule is CCOC(=O)c1ccc(-n2cnc3cc(OC)c(OC)cc32)nc1NCC[C@H](N)c1cccc(Cl)c1. The number of carbonyl (C=O) groups is 1. The van der Waals surface area contributed by atoms with Gasteiger partial charge in [-0.25, -0.2) is 14.8 Å². The number of ether oxygens (including phenoxy) is 3. The molecule has 0 fully saturated rings. The first kappa shape index (κ1) is 25.3. The van der Waals surface area contributed by atoms with Gasteiger partial charge in [0, 0.05) is 29.7 Å². The topological polar surface area (TPSA) is 114 Å². The van der Waals surface area contributed by atoms with Crippen LogP contribution in [0.15, 0.2) is 54.9 Å². The van der Waals surface area contributed by atoms with Crippen LogP contribution in [0, 0.1) is 0 Å². The zero-order valence-corrected chi connectivity index (χ0v) is 21.1. The number of fused-ring (bicyclic) bond motifs is 1. The molecule has 0 bridgehead atoms. The van der Waals surface area contributed by atoms with Gasteiger partial charge in [0.25, 0.3) is 0 Å². The quantitative estimate of drug-likeness (QED) is 0.294. The highest BCUT2D eigenvalue weighted by Gasteiger charge is 2.18. The number of hydrogen-bond acceptors (Lipinski definition) is 8. The molecule has 188 valence electrons. The van der Waals surface area contributed by atoms with Crippen LogP contribution < -0.4 is 20.5 Å². The number of anilines is 1. The second-order valence-electron chi connectivity index (χ2n) is 7.97. The van der Waals surface area contributed by atoms with Gasteiger partial charge in [-0.3, -0.25) is 4.57 Å². The molecule has 9 nitrogen and oxygen atoms in total. The third-order valence-corrected chi connectivity index (χ3v) is 5.93. The molecule has 3 N–H and O–H groups in total. The summed E-state index contributed by atoms with van der Waals surface area (Å²) in [6, 6.07) is 14.3. The summed E-state index contributed by atoms with van der Waals surface area (Å²) in [6.07, 6.45) is 2.26. The van der Waals surface area contributed by atoms with Crippen molar-refractivity contribution in [3.8, 4) is 17.3 Å². The molecule has 1 atom stereocenters. The Hall–Kier alpha value is -3.82. The number of benzene rings is 2. The fourth-order valence-corrected chi connectivity index (χ4v) is 4.06. The van der Waals surface area contributed by atoms with Crippen LogP contribution in [0.4, 0.5) is 5.82 Å². The summed E-state index contributed by atoms with van der Waals surface area (Å²) in [5, 5.41) is 3.89. The Labute approximate surface area is 214 Å². The monoisotopic (exact) mass is 509 g/mol. The van der Waals surface area contributed by atoms with Crippen LogP contribution in [0.5, 0.6) is 11.5 Å². The molecule has 0 saturated carbocycles. The maximum absolute atomic E-state index is 12.6. The van der Waals surface area contributed by atoms with Gasteiger partial charge in [-0.05, 0) is 43.2 Å². The van der Waals surface area contributed by atoms with Crippen molar-refractivity contribution in [2.24, 2.45) is 5.73 Å². The van der Waals surface area contributed by atoms with Crippen molar-refractivity contribution in [3.05, 3.63) is 71.0 Å². The molecule has 2 heterocycles. The number of nitrogens with one attached hydrogen (secondary N) is 1. The average Bonchev–Trinajstić information content (AvgIpc) is 3.30. The Bertz CT molecular complexity index is 1370. The number of esters is 1. The smallest absolute Gasteiger partial charge is 0.341 e. The Morgan fingerprint density at radius 2 is 1.92 bits per heavy atom. The number of aromatic nitrogens is 3. The molecule has 0 aliphatic carbocycles. The molecule has 0 aliphatic rings. The van der Waals surface area contributed by atoms with Gasteiger partial charge in [0.15, 0.2) is 11.5 Å². The maximum Gasteiger partial charge on any atom is 0.341 e. The van der Waals surface area contributed by atoms with Crippen LogP contribution in [0.2, 0.25) is 5.02 Å². The predicted molar refractivity (Wildman–Crippen MR) is 139 cm³/mol. The predicted octanol–water partition coefficient (Wildman–Crippen LogP) is 4.77. The van der Waals surface area contributed by atoms with Crippen LogP contribution in [0.3, 0.4) is 0 Å². The minimum Gasteiger partial charge on any atom is -0.493 e. The fraction of sp³-hybridized carbons (Fsp3) is 0.269. The van der Waals surface area contributed by atoms with E-state index in [9.17, 15) is 4.79 Å². The van der Waals surface area contributed by atoms with Crippen LogP contribution in [0.25, 0.3) is 16.9 Å². The minimum atomic E-state index is -0.458. The molecule has 0 spiro atoms. The van der Waals surface area contributed by atoms with Gasteiger partial charge in [-0.1, -0.05) is 23.7 Å². The van der Waals surface area contributed by atoms with Crippen molar-refractivity contribution in [3.63, 3.8) is 0 Å². The van der Waals surface area contributed by atoms with Crippen molar-refractivity contribution < 1.29 is 19.0 Å². The van der Waals surface area contributed by atoms with E-state index in [1.54, 1.807) is 45.7 Å². The third-order valence-electron chi connectivity index (χ3n) is 5.70. The molecular formula is C26H28ClN5O4. The molecule has 10 heteroatoms. The van der Waals surface area contributed by atoms with Crippen LogP contribution in [-0.2, 0) is 4.74 Å². The van der Waals surface area contributed by atoms with Gasteiger partial charge in [-0.2, -0.15) is 0 Å². The van der Waals surface area contributed by atoms with Crippen molar-refractivity contribution in [2.75, 3.05) is 32.7 Å². The van der Waals surface area contributed by atoms with E-state index in [4.69, 9.17) is 36.5 Å². The van der Waals surface area contributed by atoms with Crippen molar-refractivity contribution in [2.45, 2.75) is 19.4 Å². The van der Waals surface area contributed by atoms with Gasteiger partial charge in [-0.15, -0.1) is 0 Å². The Morgan fingerprint density at radius 3 is 2.64 bits per heavy atom. The summed E-state index contributed by atoms with van der Waals surface area (Å²) in [5.41, 5.74) is 9.11. The van der Waals surface area contributed by atoms with E-state index in [0.29, 0.717) is 52.2 Å². The van der Waals surface area contributed by atoms with E-state index >= 15 is 0 Å². The molecule has 4 aromatic rings. The molecule has 2 aromatic carbocycles. The number of nitrogens with two attached hydrogens (primary N) is 1. The van der Waals surface area contributed by atoms with Crippen molar-refractivity contribution >= 4 is 34.4 Å². The number of rotatable bonds is 10. The summed E-state index contributed by atoms with van der Waals surface area (Å²) in [5.74, 6) is 1.66. The van der Waals surface area contributed by atoms with E-state index in [1.165, 1.54) is 0 Å². The van der Waals surface area contributed by atoms with E-state index < -0.39 is 5.97 Å². The molecule has 0 aliphatic heterocycles. The van der Waals surface area contributed by atoms with E-state index in [-0.39, 0.29) is 12.6 Å². The molecule has 2 aromatic heterocycles. The van der Waals surface area contributed by atoms with Gasteiger partial charge in [0.2, 0.25) is 0 Å². The number of imidazole rings is 1. The second kappa shape index (κ2) is 11.3. The first-order valence-corrected chi connectivity index (χ1v) is 11.9. The highest BCUT2D eigenvalue weighted by molar-refractivity contribution is 6.30. The maximum atomic E-state index is 12.6. The van der Waals surface area contributed by atoms with E-state index in [1.807, 2.05) is 34.9 Å². The standard InChI is InChI=1S/C26H28ClN5O4/c1-4-36-26(33)18-8-9-24(32-15-30-20-13-22(34-2)23(35-3)14-21(20)32)31-25(18)29-11-10-19(28)16-6-5-7-17(27)12-16/h5-9,12-15,19H,4,10-11,28H2,1-3H3,(H,29,31)/t19-/m0/s1. The first-order chi connectivity index (χ1) is 17.4. The van der Waals surface area contributed by atoms with Crippen molar-refractivity contribution in [1.82, 2.24) is 14.5 Å². The Morgan fingerprint density at radius 1 is 1.14 bits per heavy atom. The lowest BCUT2D eigenvalue weighted by Gasteiger charge is -2.16. The third kappa shape index (κ3) is 5.37. The normalized spacial score (nSPS) is 11.8. The Kier molecular flexibility index (Phi) is 7.92. The number of nitrogens with zero attached hydrogens (tertiary/aromatic N) is 3. The van der Waals surface area contributed by atoms with Gasteiger partial charge in [0.05, 0.1) is 31.9 Å². The molecule has 36 heavy (non-hydrogen) atoms. The molecule has 0 radical (unpaired) electrons. The summed E-state index contributed by atoms with van der Waals surface area (Å²) < 4.78 is 17.9. The zero-order chi connectivity index (χ0) is 25.7. The summed E-state index contributed by atoms with van der Waals surface area (Å²) in [7, 11) is 3.15. The number of halogens is 1. The molecule has 0 unspecified atom stereocenters. The van der Waals surface area contributed by atoms with Gasteiger partial charge >= 0.3 is 5.97 Å². The number of carbonyl (C=O) groups excluding carboxylic acids is 1. The minimum absolute atomic E-state index is 0.231. The van der Waals surface area contributed by atoms with Gasteiger partial charge < -0.3 is 25.3 Å². The largest absolute Gasteiger partial charge is 0.493 e. The number of pyridine rings is 1. The highest BCUT2D eigenvalue weighted by Crippen LogP contribution is 2.32. The van der Waals surface area contributed by atoms with E-state index in [2.05, 4.69) is 10.3 Å². The number of methoxy groups -OCH3 is 2. The molecular weight excluding hydrogens is 482 g/mol. The lowest BCUT2D eigenvalue weighted by atomic mass is 10.0. The zero-order valence-electron chi connectivity index (χ0n) is 20.3. The Balaban J connectivity index is 1.63. The van der Waals surface area contributed by atoms with Crippen LogP contribution in [-0.4, -0.2) is 47.9 Å². The van der Waals surface area contributed by atoms with Crippen LogP contribution >= 0.6 is 11.6 Å². The average molecular weight is 510 g/mol. The molecule has 4 rings (SSSR count). The lowest BCUT2D eigenvalue weighted by Crippen LogP contribution is -2.18. The molecule has 0 amide bonds. The summed E-state index contributed by atoms with van der Waals surface area (Å²) in [6.45, 7) is 2.50. The van der Waals surface area contributed by atoms with Crippen LogP contribution in [0.1, 0.15) is 35.3 Å². The summed E-state index contributed by atoms with van der Waals surface area (Å²) in [4.78, 5) is 21.8. The summed E-state index contributed by atoms with van der Waals surface area (Å²) >= 11 is 6.09. The van der Waals surface area contributed by atoms with E-state index in [0.717, 1.165) is 11.1 Å².